The summed E-state index contributed by atoms with van der Waals surface area (Å²) in [5.41, 5.74) is 0. The fourth-order valence-corrected chi connectivity index (χ4v) is 3.60. The van der Waals surface area contributed by atoms with E-state index in [2.05, 4.69) is 29.4 Å². The minimum Gasteiger partial charge on any atom is -0.481 e. The zero-order valence-corrected chi connectivity index (χ0v) is 16.2. The van der Waals surface area contributed by atoms with Crippen molar-refractivity contribution >= 4 is 45.7 Å². The average molecular weight is 386 g/mol. The van der Waals surface area contributed by atoms with Crippen molar-refractivity contribution in [3.8, 4) is 5.75 Å². The summed E-state index contributed by atoms with van der Waals surface area (Å²) < 4.78 is 6.57. The number of rotatable bonds is 8. The Hall–Kier alpha value is -1.31. The molecule has 0 spiro atoms. The smallest absolute Gasteiger partial charge is 0.267 e. The lowest BCUT2D eigenvalue weighted by Gasteiger charge is -2.16. The van der Waals surface area contributed by atoms with Crippen LogP contribution in [0.15, 0.2) is 28.6 Å². The van der Waals surface area contributed by atoms with Crippen LogP contribution in [-0.2, 0) is 4.79 Å². The van der Waals surface area contributed by atoms with Crippen LogP contribution in [0.4, 0.5) is 5.13 Å². The Morgan fingerprint density at radius 3 is 2.67 bits per heavy atom. The summed E-state index contributed by atoms with van der Waals surface area (Å²) in [5.74, 6) is 1.92. The summed E-state index contributed by atoms with van der Waals surface area (Å²) >= 11 is 8.87. The van der Waals surface area contributed by atoms with Crippen molar-refractivity contribution in [1.82, 2.24) is 10.2 Å². The summed E-state index contributed by atoms with van der Waals surface area (Å²) in [4.78, 5) is 12.4. The Bertz CT molecular complexity index is 662. The van der Waals surface area contributed by atoms with Crippen LogP contribution < -0.4 is 10.1 Å². The summed E-state index contributed by atoms with van der Waals surface area (Å²) in [6.07, 6.45) is -0.0516. The number of halogens is 1. The number of benzene rings is 1. The maximum Gasteiger partial charge on any atom is 0.267 e. The Balaban J connectivity index is 1.92. The van der Waals surface area contributed by atoms with Gasteiger partial charge in [0.1, 0.15) is 5.75 Å². The van der Waals surface area contributed by atoms with Gasteiger partial charge in [0.25, 0.3) is 5.91 Å². The number of hydrogen-bond donors (Lipinski definition) is 1. The molecule has 1 N–H and O–H groups in total. The number of carbonyl (C=O) groups is 1. The van der Waals surface area contributed by atoms with Crippen molar-refractivity contribution in [2.45, 2.75) is 37.6 Å². The van der Waals surface area contributed by atoms with Gasteiger partial charge in [-0.1, -0.05) is 55.5 Å². The van der Waals surface area contributed by atoms with E-state index in [0.717, 1.165) is 10.1 Å². The number of hydrogen-bond acceptors (Lipinski definition) is 6. The number of carbonyl (C=O) groups excluding carboxylic acids is 1. The van der Waals surface area contributed by atoms with Crippen LogP contribution in [0.1, 0.15) is 27.2 Å². The lowest BCUT2D eigenvalue weighted by atomic mass is 10.2. The second kappa shape index (κ2) is 9.25. The maximum atomic E-state index is 12.4. The van der Waals surface area contributed by atoms with Crippen LogP contribution in [0.2, 0.25) is 5.02 Å². The first kappa shape index (κ1) is 19.0. The van der Waals surface area contributed by atoms with Gasteiger partial charge in [-0.25, -0.2) is 0 Å². The van der Waals surface area contributed by atoms with Crippen LogP contribution in [0.25, 0.3) is 0 Å². The lowest BCUT2D eigenvalue weighted by Crippen LogP contribution is -2.32. The molecule has 0 bridgehead atoms. The zero-order valence-electron chi connectivity index (χ0n) is 13.8. The average Bonchev–Trinajstić information content (AvgIpc) is 2.99. The first-order valence-corrected chi connectivity index (χ1v) is 9.85. The minimum atomic E-state index is -0.596. The standard InChI is InChI=1S/C16H20ClN3O2S2/c1-4-13(22-12-7-5-11(17)6-8-12)14(21)18-15-19-20-16(24-15)23-9-10(2)3/h5-8,10,13H,4,9H2,1-3H3,(H,18,19,21)/t13-/m0/s1. The number of aromatic nitrogens is 2. The van der Waals surface area contributed by atoms with Gasteiger partial charge in [-0.3, -0.25) is 10.1 Å². The molecule has 0 saturated heterocycles. The SMILES string of the molecule is CC[C@H](Oc1ccc(Cl)cc1)C(=O)Nc1nnc(SCC(C)C)s1. The number of nitrogens with zero attached hydrogens (tertiary/aromatic N) is 2. The largest absolute Gasteiger partial charge is 0.481 e. The molecule has 0 saturated carbocycles. The molecule has 24 heavy (non-hydrogen) atoms. The second-order valence-corrected chi connectivity index (χ2v) is 8.22. The van der Waals surface area contributed by atoms with Crippen molar-refractivity contribution in [3.05, 3.63) is 29.3 Å². The number of ether oxygens (including phenoxy) is 1. The monoisotopic (exact) mass is 385 g/mol. The quantitative estimate of drug-likeness (QED) is 0.525. The Morgan fingerprint density at radius 1 is 1.33 bits per heavy atom. The number of nitrogens with one attached hydrogen (secondary N) is 1. The van der Waals surface area contributed by atoms with Gasteiger partial charge in [-0.2, -0.15) is 0 Å². The van der Waals surface area contributed by atoms with Crippen molar-refractivity contribution < 1.29 is 9.53 Å². The molecule has 1 aromatic heterocycles. The molecule has 1 aromatic carbocycles. The van der Waals surface area contributed by atoms with Gasteiger partial charge in [0.15, 0.2) is 10.4 Å². The Labute approximate surface area is 155 Å². The number of anilines is 1. The molecule has 0 unspecified atom stereocenters. The predicted octanol–water partition coefficient (Wildman–Crippen LogP) is 4.74. The third-order valence-corrected chi connectivity index (χ3v) is 5.58. The minimum absolute atomic E-state index is 0.232. The van der Waals surface area contributed by atoms with E-state index in [1.54, 1.807) is 36.0 Å². The Morgan fingerprint density at radius 2 is 2.04 bits per heavy atom. The van der Waals surface area contributed by atoms with Crippen molar-refractivity contribution in [2.75, 3.05) is 11.1 Å². The molecule has 1 heterocycles. The molecule has 1 amide bonds. The van der Waals surface area contributed by atoms with Gasteiger partial charge in [-0.15, -0.1) is 10.2 Å². The molecule has 8 heteroatoms. The number of thioether (sulfide) groups is 1. The van der Waals surface area contributed by atoms with E-state index in [9.17, 15) is 4.79 Å². The van der Waals surface area contributed by atoms with Gasteiger partial charge >= 0.3 is 0 Å². The first-order valence-electron chi connectivity index (χ1n) is 7.67. The maximum absolute atomic E-state index is 12.4. The van der Waals surface area contributed by atoms with Gasteiger partial charge in [0, 0.05) is 10.8 Å². The summed E-state index contributed by atoms with van der Waals surface area (Å²) in [5, 5.41) is 12.0. The highest BCUT2D eigenvalue weighted by molar-refractivity contribution is 8.01. The van der Waals surface area contributed by atoms with Crippen molar-refractivity contribution in [3.63, 3.8) is 0 Å². The molecular formula is C16H20ClN3O2S2. The van der Waals surface area contributed by atoms with E-state index in [-0.39, 0.29) is 5.91 Å². The number of amides is 1. The molecular weight excluding hydrogens is 366 g/mol. The predicted molar refractivity (Wildman–Crippen MR) is 100 cm³/mol. The molecule has 130 valence electrons. The lowest BCUT2D eigenvalue weighted by molar-refractivity contribution is -0.122. The van der Waals surface area contributed by atoms with E-state index in [0.29, 0.717) is 28.2 Å². The third kappa shape index (κ3) is 5.96. The zero-order chi connectivity index (χ0) is 17.5. The van der Waals surface area contributed by atoms with Gasteiger partial charge < -0.3 is 4.74 Å². The van der Waals surface area contributed by atoms with Gasteiger partial charge in [0.05, 0.1) is 0 Å². The fourth-order valence-electron chi connectivity index (χ4n) is 1.74. The highest BCUT2D eigenvalue weighted by Gasteiger charge is 2.20. The second-order valence-electron chi connectivity index (χ2n) is 5.54. The molecule has 1 atom stereocenters. The van der Waals surface area contributed by atoms with E-state index < -0.39 is 6.10 Å². The molecule has 0 radical (unpaired) electrons. The normalized spacial score (nSPS) is 12.2. The van der Waals surface area contributed by atoms with E-state index >= 15 is 0 Å². The van der Waals surface area contributed by atoms with Crippen molar-refractivity contribution in [2.24, 2.45) is 5.92 Å². The molecule has 2 rings (SSSR count). The topological polar surface area (TPSA) is 64.1 Å². The molecule has 0 aliphatic rings. The Kier molecular flexibility index (Phi) is 7.33. The molecule has 2 aromatic rings. The summed E-state index contributed by atoms with van der Waals surface area (Å²) in [6, 6.07) is 6.93. The van der Waals surface area contributed by atoms with E-state index in [1.165, 1.54) is 11.3 Å². The van der Waals surface area contributed by atoms with Crippen LogP contribution in [0.3, 0.4) is 0 Å². The van der Waals surface area contributed by atoms with E-state index in [1.807, 2.05) is 6.92 Å². The highest BCUT2D eigenvalue weighted by atomic mass is 35.5. The van der Waals surface area contributed by atoms with Crippen molar-refractivity contribution in [1.29, 1.82) is 0 Å². The van der Waals surface area contributed by atoms with Gasteiger partial charge in [0.2, 0.25) is 5.13 Å². The third-order valence-electron chi connectivity index (χ3n) is 2.93. The van der Waals surface area contributed by atoms with Crippen LogP contribution in [0, 0.1) is 5.92 Å². The first-order chi connectivity index (χ1) is 11.5. The summed E-state index contributed by atoms with van der Waals surface area (Å²) in [6.45, 7) is 6.19. The highest BCUT2D eigenvalue weighted by Crippen LogP contribution is 2.27. The molecule has 0 aliphatic heterocycles. The van der Waals surface area contributed by atoms with Crippen LogP contribution >= 0.6 is 34.7 Å². The summed E-state index contributed by atoms with van der Waals surface area (Å²) in [7, 11) is 0. The molecule has 0 aliphatic carbocycles. The van der Waals surface area contributed by atoms with Gasteiger partial charge in [-0.05, 0) is 36.6 Å². The van der Waals surface area contributed by atoms with E-state index in [4.69, 9.17) is 16.3 Å². The molecule has 0 fully saturated rings. The van der Waals surface area contributed by atoms with Crippen LogP contribution in [-0.4, -0.2) is 28.0 Å². The molecule has 5 nitrogen and oxygen atoms in total. The fraction of sp³-hybridized carbons (Fsp3) is 0.438. The van der Waals surface area contributed by atoms with Crippen LogP contribution in [0.5, 0.6) is 5.75 Å².